The maximum absolute atomic E-state index is 12.3. The number of hydrogen-bond donors (Lipinski definition) is 2. The summed E-state index contributed by atoms with van der Waals surface area (Å²) in [7, 11) is 0. The Bertz CT molecular complexity index is 668. The first-order valence-corrected chi connectivity index (χ1v) is 9.69. The minimum Gasteiger partial charge on any atom is -0.468 e. The number of ether oxygens (including phenoxy) is 2. The number of aromatic nitrogens is 1. The quantitative estimate of drug-likeness (QED) is 0.298. The molecule has 30 heavy (non-hydrogen) atoms. The third-order valence-electron chi connectivity index (χ3n) is 4.50. The summed E-state index contributed by atoms with van der Waals surface area (Å²) in [5.41, 5.74) is 0.636. The number of rotatable bonds is 8. The van der Waals surface area contributed by atoms with Gasteiger partial charge in [-0.3, -0.25) is 4.90 Å². The van der Waals surface area contributed by atoms with Crippen molar-refractivity contribution in [3.05, 3.63) is 23.9 Å². The highest BCUT2D eigenvalue weighted by atomic mass is 127. The molecule has 1 aliphatic rings. The highest BCUT2D eigenvalue weighted by Crippen LogP contribution is 2.18. The Morgan fingerprint density at radius 1 is 1.27 bits per heavy atom. The smallest absolute Gasteiger partial charge is 0.422 e. The van der Waals surface area contributed by atoms with Gasteiger partial charge in [-0.05, 0) is 32.4 Å². The van der Waals surface area contributed by atoms with Gasteiger partial charge in [-0.25, -0.2) is 9.98 Å². The molecule has 0 atom stereocenters. The topological polar surface area (TPSA) is 71.0 Å². The number of aliphatic imine (C=N–C) groups is 1. The van der Waals surface area contributed by atoms with E-state index in [1.807, 2.05) is 6.92 Å². The molecule has 0 saturated carbocycles. The third-order valence-corrected chi connectivity index (χ3v) is 4.50. The zero-order valence-electron chi connectivity index (χ0n) is 17.6. The Kier molecular flexibility index (Phi) is 11.1. The van der Waals surface area contributed by atoms with Crippen LogP contribution in [0, 0.1) is 0 Å². The zero-order chi connectivity index (χ0) is 21.3. The van der Waals surface area contributed by atoms with Crippen LogP contribution >= 0.6 is 24.0 Å². The van der Waals surface area contributed by atoms with E-state index < -0.39 is 12.8 Å². The summed E-state index contributed by atoms with van der Waals surface area (Å²) < 4.78 is 47.0. The average Bonchev–Trinajstić information content (AvgIpc) is 2.69. The number of halogens is 4. The molecule has 1 aromatic heterocycles. The van der Waals surface area contributed by atoms with Gasteiger partial charge in [0.2, 0.25) is 5.88 Å². The van der Waals surface area contributed by atoms with Gasteiger partial charge in [-0.15, -0.1) is 24.0 Å². The molecule has 0 radical (unpaired) electrons. The molecular weight excluding hydrogens is 514 g/mol. The summed E-state index contributed by atoms with van der Waals surface area (Å²) in [5, 5.41) is 6.54. The van der Waals surface area contributed by atoms with Crippen molar-refractivity contribution < 1.29 is 22.6 Å². The SMILES string of the molecule is CCNC(=NCc1ccnc(OCC(F)(F)F)c1)NCC(C)(C)N1CCOCC1.I. The summed E-state index contributed by atoms with van der Waals surface area (Å²) in [6.45, 7) is 9.86. The van der Waals surface area contributed by atoms with Crippen LogP contribution in [0.25, 0.3) is 0 Å². The van der Waals surface area contributed by atoms with E-state index in [1.54, 1.807) is 6.07 Å². The van der Waals surface area contributed by atoms with Crippen LogP contribution in [0.5, 0.6) is 5.88 Å². The molecule has 11 heteroatoms. The molecular formula is C19H31F3IN5O2. The van der Waals surface area contributed by atoms with Gasteiger partial charge in [0.25, 0.3) is 0 Å². The van der Waals surface area contributed by atoms with Crippen molar-refractivity contribution in [1.82, 2.24) is 20.5 Å². The van der Waals surface area contributed by atoms with E-state index in [-0.39, 0.29) is 41.9 Å². The standard InChI is InChI=1S/C19H30F3N5O2.HI/c1-4-23-17(26-13-18(2,3)27-7-9-28-10-8-27)25-12-15-5-6-24-16(11-15)29-14-19(20,21)22;/h5-6,11H,4,7-10,12-14H2,1-3H3,(H2,23,25,26);1H. The van der Waals surface area contributed by atoms with E-state index in [2.05, 4.69) is 39.4 Å². The van der Waals surface area contributed by atoms with Crippen molar-refractivity contribution in [3.63, 3.8) is 0 Å². The minimum atomic E-state index is -4.40. The first kappa shape index (κ1) is 26.7. The second kappa shape index (κ2) is 12.5. The largest absolute Gasteiger partial charge is 0.468 e. The van der Waals surface area contributed by atoms with E-state index in [0.29, 0.717) is 24.6 Å². The second-order valence-corrected chi connectivity index (χ2v) is 7.37. The fourth-order valence-electron chi connectivity index (χ4n) is 2.88. The molecule has 2 heterocycles. The lowest BCUT2D eigenvalue weighted by Crippen LogP contribution is -2.56. The molecule has 7 nitrogen and oxygen atoms in total. The number of nitrogens with zero attached hydrogens (tertiary/aromatic N) is 3. The van der Waals surface area contributed by atoms with Crippen LogP contribution in [0.3, 0.4) is 0 Å². The highest BCUT2D eigenvalue weighted by Gasteiger charge is 2.29. The van der Waals surface area contributed by atoms with Crippen molar-refractivity contribution in [2.24, 2.45) is 4.99 Å². The number of hydrogen-bond acceptors (Lipinski definition) is 5. The van der Waals surface area contributed by atoms with Crippen molar-refractivity contribution in [1.29, 1.82) is 0 Å². The van der Waals surface area contributed by atoms with Crippen LogP contribution in [-0.4, -0.2) is 73.6 Å². The fourth-order valence-corrected chi connectivity index (χ4v) is 2.88. The second-order valence-electron chi connectivity index (χ2n) is 7.37. The van der Waals surface area contributed by atoms with E-state index >= 15 is 0 Å². The van der Waals surface area contributed by atoms with Crippen LogP contribution in [0.2, 0.25) is 0 Å². The summed E-state index contributed by atoms with van der Waals surface area (Å²) >= 11 is 0. The summed E-state index contributed by atoms with van der Waals surface area (Å²) in [6.07, 6.45) is -2.98. The zero-order valence-corrected chi connectivity index (χ0v) is 19.9. The first-order chi connectivity index (χ1) is 13.7. The number of guanidine groups is 1. The van der Waals surface area contributed by atoms with Gasteiger partial charge in [-0.2, -0.15) is 13.2 Å². The molecule has 0 aromatic carbocycles. The van der Waals surface area contributed by atoms with Crippen LogP contribution in [-0.2, 0) is 11.3 Å². The molecule has 1 fully saturated rings. The first-order valence-electron chi connectivity index (χ1n) is 9.69. The number of pyridine rings is 1. The molecule has 0 unspecified atom stereocenters. The van der Waals surface area contributed by atoms with Crippen LogP contribution in [0.15, 0.2) is 23.3 Å². The fraction of sp³-hybridized carbons (Fsp3) is 0.684. The van der Waals surface area contributed by atoms with E-state index in [9.17, 15) is 13.2 Å². The number of morpholine rings is 1. The van der Waals surface area contributed by atoms with Crippen molar-refractivity contribution in [2.45, 2.75) is 39.0 Å². The van der Waals surface area contributed by atoms with E-state index in [4.69, 9.17) is 9.47 Å². The van der Waals surface area contributed by atoms with Crippen LogP contribution in [0.1, 0.15) is 26.3 Å². The predicted molar refractivity (Wildman–Crippen MR) is 120 cm³/mol. The summed E-state index contributed by atoms with van der Waals surface area (Å²) in [5.74, 6) is 0.574. The minimum absolute atomic E-state index is 0. The van der Waals surface area contributed by atoms with Gasteiger partial charge in [0, 0.05) is 44.0 Å². The monoisotopic (exact) mass is 545 g/mol. The Balaban J connectivity index is 0.00000450. The van der Waals surface area contributed by atoms with Gasteiger partial charge in [-0.1, -0.05) is 0 Å². The van der Waals surface area contributed by atoms with Crippen molar-refractivity contribution >= 4 is 29.9 Å². The lowest BCUT2D eigenvalue weighted by molar-refractivity contribution is -0.154. The third kappa shape index (κ3) is 9.65. The molecule has 0 spiro atoms. The average molecular weight is 545 g/mol. The summed E-state index contributed by atoms with van der Waals surface area (Å²) in [6, 6.07) is 3.17. The van der Waals surface area contributed by atoms with Gasteiger partial charge in [0.1, 0.15) is 0 Å². The van der Waals surface area contributed by atoms with Crippen LogP contribution < -0.4 is 15.4 Å². The molecule has 172 valence electrons. The Morgan fingerprint density at radius 2 is 1.97 bits per heavy atom. The number of nitrogens with one attached hydrogen (secondary N) is 2. The molecule has 2 rings (SSSR count). The molecule has 1 saturated heterocycles. The molecule has 0 amide bonds. The van der Waals surface area contributed by atoms with Gasteiger partial charge in [0.05, 0.1) is 19.8 Å². The Labute approximate surface area is 192 Å². The molecule has 0 aliphatic carbocycles. The van der Waals surface area contributed by atoms with E-state index in [0.717, 1.165) is 26.3 Å². The lowest BCUT2D eigenvalue weighted by atomic mass is 10.0. The highest BCUT2D eigenvalue weighted by molar-refractivity contribution is 14.0. The molecule has 0 bridgehead atoms. The molecule has 1 aromatic rings. The molecule has 1 aliphatic heterocycles. The summed E-state index contributed by atoms with van der Waals surface area (Å²) in [4.78, 5) is 10.7. The predicted octanol–water partition coefficient (Wildman–Crippen LogP) is 2.81. The van der Waals surface area contributed by atoms with Gasteiger partial charge >= 0.3 is 6.18 Å². The maximum Gasteiger partial charge on any atom is 0.422 e. The lowest BCUT2D eigenvalue weighted by Gasteiger charge is -2.41. The Hall–Kier alpha value is -1.34. The van der Waals surface area contributed by atoms with Crippen molar-refractivity contribution in [3.8, 4) is 5.88 Å². The van der Waals surface area contributed by atoms with Crippen molar-refractivity contribution in [2.75, 3.05) is 46.0 Å². The van der Waals surface area contributed by atoms with E-state index in [1.165, 1.54) is 12.3 Å². The number of alkyl halides is 3. The van der Waals surface area contributed by atoms with Gasteiger partial charge in [0.15, 0.2) is 12.6 Å². The Morgan fingerprint density at radius 3 is 2.60 bits per heavy atom. The van der Waals surface area contributed by atoms with Gasteiger partial charge < -0.3 is 20.1 Å². The maximum atomic E-state index is 12.3. The molecule has 2 N–H and O–H groups in total. The normalized spacial score (nSPS) is 16.0. The van der Waals surface area contributed by atoms with Crippen LogP contribution in [0.4, 0.5) is 13.2 Å².